The van der Waals surface area contributed by atoms with E-state index in [1.807, 2.05) is 0 Å². The number of morpholine rings is 1. The quantitative estimate of drug-likeness (QED) is 0.849. The molecule has 1 N–H and O–H groups in total. The van der Waals surface area contributed by atoms with Gasteiger partial charge in [0.25, 0.3) is 0 Å². The molecule has 1 atom stereocenters. The molecule has 2 heterocycles. The highest BCUT2D eigenvalue weighted by Gasteiger charge is 2.29. The van der Waals surface area contributed by atoms with E-state index in [-0.39, 0.29) is 24.6 Å². The van der Waals surface area contributed by atoms with Crippen molar-refractivity contribution in [2.75, 3.05) is 39.3 Å². The number of carbonyl (C=O) groups is 2. The third-order valence-electron chi connectivity index (χ3n) is 4.50. The number of nitrogens with one attached hydrogen (secondary N) is 1. The summed E-state index contributed by atoms with van der Waals surface area (Å²) in [6.07, 6.45) is 0.0486. The van der Waals surface area contributed by atoms with Gasteiger partial charge in [-0.2, -0.15) is 0 Å². The van der Waals surface area contributed by atoms with Crippen molar-refractivity contribution in [3.05, 3.63) is 34.9 Å². The van der Waals surface area contributed by atoms with Gasteiger partial charge in [0.2, 0.25) is 5.91 Å². The summed E-state index contributed by atoms with van der Waals surface area (Å²) in [5, 5.41) is 2.55. The van der Waals surface area contributed by atoms with Crippen LogP contribution in [0.2, 0.25) is 0 Å². The maximum Gasteiger partial charge on any atom is 0.324 e. The molecule has 2 aliphatic rings. The van der Waals surface area contributed by atoms with Crippen molar-refractivity contribution in [1.29, 1.82) is 0 Å². The van der Waals surface area contributed by atoms with Crippen LogP contribution in [0.4, 0.5) is 4.79 Å². The van der Waals surface area contributed by atoms with Crippen LogP contribution in [0.5, 0.6) is 0 Å². The molecule has 23 heavy (non-hydrogen) atoms. The van der Waals surface area contributed by atoms with E-state index < -0.39 is 0 Å². The van der Waals surface area contributed by atoms with Gasteiger partial charge in [0, 0.05) is 26.2 Å². The zero-order chi connectivity index (χ0) is 16.4. The fraction of sp³-hybridized carbons (Fsp3) is 0.529. The number of rotatable bonds is 4. The molecule has 0 aromatic heterocycles. The van der Waals surface area contributed by atoms with Gasteiger partial charge in [0.1, 0.15) is 0 Å². The van der Waals surface area contributed by atoms with Crippen molar-refractivity contribution < 1.29 is 14.3 Å². The maximum absolute atomic E-state index is 11.6. The first kappa shape index (κ1) is 16.0. The summed E-state index contributed by atoms with van der Waals surface area (Å²) in [4.78, 5) is 26.7. The Kier molecular flexibility index (Phi) is 4.63. The minimum atomic E-state index is -0.283. The van der Waals surface area contributed by atoms with E-state index in [1.165, 1.54) is 21.6 Å². The normalized spacial score (nSPS) is 22.5. The van der Waals surface area contributed by atoms with Crippen LogP contribution >= 0.6 is 0 Å². The van der Waals surface area contributed by atoms with Gasteiger partial charge in [-0.05, 0) is 25.0 Å². The lowest BCUT2D eigenvalue weighted by molar-refractivity contribution is -0.125. The number of benzene rings is 1. The molecule has 6 heteroatoms. The number of urea groups is 1. The summed E-state index contributed by atoms with van der Waals surface area (Å²) in [7, 11) is 0. The molecule has 0 aliphatic carbocycles. The largest absolute Gasteiger partial charge is 0.371 e. The second-order valence-electron chi connectivity index (χ2n) is 6.22. The molecule has 0 spiro atoms. The van der Waals surface area contributed by atoms with Gasteiger partial charge in [-0.15, -0.1) is 0 Å². The van der Waals surface area contributed by atoms with Crippen LogP contribution in [0.1, 0.15) is 22.8 Å². The average Bonchev–Trinajstić information content (AvgIpc) is 2.84. The number of hydrogen-bond acceptors (Lipinski definition) is 4. The summed E-state index contributed by atoms with van der Waals surface area (Å²) >= 11 is 0. The topological polar surface area (TPSA) is 61.9 Å². The zero-order valence-corrected chi connectivity index (χ0v) is 13.7. The molecule has 3 amide bonds. The molecule has 0 unspecified atom stereocenters. The molecule has 6 nitrogen and oxygen atoms in total. The van der Waals surface area contributed by atoms with Crippen LogP contribution in [0.15, 0.2) is 18.2 Å². The first-order valence-electron chi connectivity index (χ1n) is 8.04. The van der Waals surface area contributed by atoms with Crippen LogP contribution in [-0.4, -0.2) is 61.1 Å². The molecular formula is C17H23N3O3. The predicted octanol–water partition coefficient (Wildman–Crippen LogP) is 1.23. The Balaban J connectivity index is 1.60. The average molecular weight is 317 g/mol. The number of imide groups is 1. The fourth-order valence-corrected chi connectivity index (χ4v) is 3.20. The monoisotopic (exact) mass is 317 g/mol. The minimum absolute atomic E-state index is 0.0486. The van der Waals surface area contributed by atoms with Crippen molar-refractivity contribution in [3.63, 3.8) is 0 Å². The highest BCUT2D eigenvalue weighted by atomic mass is 16.5. The van der Waals surface area contributed by atoms with Gasteiger partial charge in [-0.1, -0.05) is 23.8 Å². The standard InChI is InChI=1S/C17H23N3O3/c1-12-3-4-14(13(2)9-12)15-11-19(7-8-23-15)5-6-20-16(21)10-18-17(20)22/h3-4,9,15H,5-8,10-11H2,1-2H3,(H,18,22)/t15-/m1/s1. The van der Waals surface area contributed by atoms with E-state index in [4.69, 9.17) is 4.74 Å². The number of amides is 3. The second-order valence-corrected chi connectivity index (χ2v) is 6.22. The molecule has 3 rings (SSSR count). The van der Waals surface area contributed by atoms with E-state index in [0.29, 0.717) is 19.7 Å². The molecule has 0 radical (unpaired) electrons. The molecular weight excluding hydrogens is 294 g/mol. The highest BCUT2D eigenvalue weighted by molar-refractivity contribution is 6.01. The third-order valence-corrected chi connectivity index (χ3v) is 4.50. The first-order chi connectivity index (χ1) is 11.0. The lowest BCUT2D eigenvalue weighted by atomic mass is 10.00. The molecule has 0 bridgehead atoms. The summed E-state index contributed by atoms with van der Waals surface area (Å²) in [5.74, 6) is -0.144. The van der Waals surface area contributed by atoms with Crippen LogP contribution < -0.4 is 5.32 Å². The van der Waals surface area contributed by atoms with Gasteiger partial charge < -0.3 is 10.1 Å². The summed E-state index contributed by atoms with van der Waals surface area (Å²) in [5.41, 5.74) is 3.71. The van der Waals surface area contributed by atoms with Gasteiger partial charge in [0.15, 0.2) is 0 Å². The van der Waals surface area contributed by atoms with Crippen molar-refractivity contribution in [1.82, 2.24) is 15.1 Å². The van der Waals surface area contributed by atoms with Crippen molar-refractivity contribution >= 4 is 11.9 Å². The van der Waals surface area contributed by atoms with Crippen LogP contribution in [0.25, 0.3) is 0 Å². The van der Waals surface area contributed by atoms with Crippen molar-refractivity contribution in [3.8, 4) is 0 Å². The van der Waals surface area contributed by atoms with Gasteiger partial charge in [-0.3, -0.25) is 14.6 Å². The van der Waals surface area contributed by atoms with Gasteiger partial charge >= 0.3 is 6.03 Å². The molecule has 124 valence electrons. The third kappa shape index (κ3) is 3.54. The Labute approximate surface area is 136 Å². The lowest BCUT2D eigenvalue weighted by Gasteiger charge is -2.34. The zero-order valence-electron chi connectivity index (χ0n) is 13.7. The number of carbonyl (C=O) groups excluding carboxylic acids is 2. The van der Waals surface area contributed by atoms with Crippen LogP contribution in [0.3, 0.4) is 0 Å². The van der Waals surface area contributed by atoms with E-state index in [9.17, 15) is 9.59 Å². The summed E-state index contributed by atoms with van der Waals surface area (Å²) in [6, 6.07) is 6.13. The Morgan fingerprint density at radius 2 is 2.09 bits per heavy atom. The second kappa shape index (κ2) is 6.68. The molecule has 2 fully saturated rings. The van der Waals surface area contributed by atoms with E-state index in [2.05, 4.69) is 42.3 Å². The van der Waals surface area contributed by atoms with Gasteiger partial charge in [-0.25, -0.2) is 4.79 Å². The van der Waals surface area contributed by atoms with Crippen molar-refractivity contribution in [2.45, 2.75) is 20.0 Å². The van der Waals surface area contributed by atoms with E-state index in [0.717, 1.165) is 13.1 Å². The summed E-state index contributed by atoms with van der Waals surface area (Å²) in [6.45, 7) is 7.71. The Morgan fingerprint density at radius 1 is 1.26 bits per heavy atom. The molecule has 2 aliphatic heterocycles. The molecule has 1 aromatic rings. The van der Waals surface area contributed by atoms with Crippen LogP contribution in [0, 0.1) is 13.8 Å². The summed E-state index contributed by atoms with van der Waals surface area (Å²) < 4.78 is 5.93. The Morgan fingerprint density at radius 3 is 2.78 bits per heavy atom. The lowest BCUT2D eigenvalue weighted by Crippen LogP contribution is -2.44. The molecule has 2 saturated heterocycles. The number of nitrogens with zero attached hydrogens (tertiary/aromatic N) is 2. The first-order valence-corrected chi connectivity index (χ1v) is 8.04. The molecule has 1 aromatic carbocycles. The smallest absolute Gasteiger partial charge is 0.324 e. The minimum Gasteiger partial charge on any atom is -0.371 e. The maximum atomic E-state index is 11.6. The SMILES string of the molecule is Cc1ccc([C@H]2CN(CCN3C(=O)CNC3=O)CCO2)c(C)c1. The number of hydrogen-bond donors (Lipinski definition) is 1. The van der Waals surface area contributed by atoms with E-state index in [1.54, 1.807) is 0 Å². The van der Waals surface area contributed by atoms with Crippen molar-refractivity contribution in [2.24, 2.45) is 0 Å². The Bertz CT molecular complexity index is 601. The number of aryl methyl sites for hydroxylation is 2. The van der Waals surface area contributed by atoms with Crippen LogP contribution in [-0.2, 0) is 9.53 Å². The fourth-order valence-electron chi connectivity index (χ4n) is 3.20. The highest BCUT2D eigenvalue weighted by Crippen LogP contribution is 2.25. The Hall–Kier alpha value is -1.92. The molecule has 0 saturated carbocycles. The van der Waals surface area contributed by atoms with E-state index >= 15 is 0 Å². The van der Waals surface area contributed by atoms with Gasteiger partial charge in [0.05, 0.1) is 19.3 Å². The predicted molar refractivity (Wildman–Crippen MR) is 86.2 cm³/mol. The number of ether oxygens (including phenoxy) is 1.